The zero-order chi connectivity index (χ0) is 12.3. The van der Waals surface area contributed by atoms with E-state index in [-0.39, 0.29) is 0 Å². The number of hydrogen-bond donors (Lipinski definition) is 1. The zero-order valence-corrected chi connectivity index (χ0v) is 8.22. The highest BCUT2D eigenvalue weighted by Gasteiger charge is 2.50. The van der Waals surface area contributed by atoms with E-state index in [1.54, 1.807) is 0 Å². The number of halogens is 4. The van der Waals surface area contributed by atoms with Crippen LogP contribution < -0.4 is 5.32 Å². The van der Waals surface area contributed by atoms with E-state index in [0.29, 0.717) is 19.3 Å². The minimum absolute atomic E-state index is 0.364. The number of hydrogen-bond acceptors (Lipinski definition) is 2. The number of nitrogens with zero attached hydrogens (tertiary/aromatic N) is 1. The van der Waals surface area contributed by atoms with Gasteiger partial charge in [0.1, 0.15) is 0 Å². The maximum atomic E-state index is 12.6. The molecule has 16 heavy (non-hydrogen) atoms. The number of alkyl halides is 4. The van der Waals surface area contributed by atoms with E-state index < -0.39 is 30.2 Å². The summed E-state index contributed by atoms with van der Waals surface area (Å²) in [6, 6.07) is 1.10. The molecule has 0 aliphatic heterocycles. The molecular formula is C9H10F4N2O. The topological polar surface area (TPSA) is 52.9 Å². The third kappa shape index (κ3) is 2.43. The predicted octanol–water partition coefficient (Wildman–Crippen LogP) is 1.70. The minimum Gasteiger partial charge on any atom is -0.347 e. The Kier molecular flexibility index (Phi) is 3.73. The van der Waals surface area contributed by atoms with E-state index >= 15 is 0 Å². The molecule has 2 atom stereocenters. The summed E-state index contributed by atoms with van der Waals surface area (Å²) in [5.41, 5.74) is 0. The lowest BCUT2D eigenvalue weighted by atomic mass is 10.1. The molecule has 0 saturated heterocycles. The maximum absolute atomic E-state index is 12.6. The average Bonchev–Trinajstić information content (AvgIpc) is 2.64. The van der Waals surface area contributed by atoms with Gasteiger partial charge in [-0.25, -0.2) is 8.78 Å². The lowest BCUT2D eigenvalue weighted by Gasteiger charge is -2.20. The van der Waals surface area contributed by atoms with Gasteiger partial charge in [0.25, 0.3) is 5.91 Å². The maximum Gasteiger partial charge on any atom is 0.383 e. The Morgan fingerprint density at radius 3 is 2.56 bits per heavy atom. The molecule has 7 heteroatoms. The van der Waals surface area contributed by atoms with Gasteiger partial charge in [-0.05, 0) is 19.3 Å². The number of nitrogens with one attached hydrogen (secondary N) is 1. The second-order valence-corrected chi connectivity index (χ2v) is 3.67. The van der Waals surface area contributed by atoms with E-state index in [2.05, 4.69) is 0 Å². The quantitative estimate of drug-likeness (QED) is 0.761. The largest absolute Gasteiger partial charge is 0.383 e. The number of carbonyl (C=O) groups is 1. The minimum atomic E-state index is -4.69. The molecule has 0 radical (unpaired) electrons. The molecule has 1 fully saturated rings. The lowest BCUT2D eigenvalue weighted by molar-refractivity contribution is -0.170. The van der Waals surface area contributed by atoms with Gasteiger partial charge in [-0.2, -0.15) is 14.0 Å². The Hall–Kier alpha value is -1.32. The van der Waals surface area contributed by atoms with Crippen molar-refractivity contribution in [2.45, 2.75) is 37.7 Å². The molecule has 1 N–H and O–H groups in total. The van der Waals surface area contributed by atoms with Crippen molar-refractivity contribution in [1.82, 2.24) is 5.32 Å². The smallest absolute Gasteiger partial charge is 0.347 e. The Balaban J connectivity index is 2.61. The van der Waals surface area contributed by atoms with Crippen LogP contribution in [0.15, 0.2) is 0 Å². The molecule has 1 amide bonds. The van der Waals surface area contributed by atoms with Crippen molar-refractivity contribution in [3.05, 3.63) is 0 Å². The van der Waals surface area contributed by atoms with Crippen LogP contribution in [0.5, 0.6) is 0 Å². The molecule has 0 aromatic heterocycles. The normalized spacial score (nSPS) is 25.5. The van der Waals surface area contributed by atoms with Crippen molar-refractivity contribution in [3.8, 4) is 6.07 Å². The average molecular weight is 238 g/mol. The van der Waals surface area contributed by atoms with Gasteiger partial charge in [0, 0.05) is 6.04 Å². The van der Waals surface area contributed by atoms with Crippen LogP contribution in [0, 0.1) is 17.2 Å². The number of carbonyl (C=O) groups excluding carboxylic acids is 1. The summed E-state index contributed by atoms with van der Waals surface area (Å²) in [5.74, 6) is -7.27. The molecule has 1 rings (SSSR count). The van der Waals surface area contributed by atoms with Gasteiger partial charge >= 0.3 is 12.3 Å². The fourth-order valence-electron chi connectivity index (χ4n) is 1.65. The molecule has 0 aromatic rings. The Morgan fingerprint density at radius 1 is 1.44 bits per heavy atom. The second-order valence-electron chi connectivity index (χ2n) is 3.67. The standard InChI is InChI=1S/C9H10F4N2O/c10-7(11)9(12,13)8(16)15-6-3-1-2-5(6)4-14/h5-7H,1-3H2,(H,15,16). The summed E-state index contributed by atoms with van der Waals surface area (Å²) in [7, 11) is 0. The first kappa shape index (κ1) is 12.7. The highest BCUT2D eigenvalue weighted by molar-refractivity contribution is 5.84. The summed E-state index contributed by atoms with van der Waals surface area (Å²) in [6.45, 7) is 0. The van der Waals surface area contributed by atoms with Crippen LogP contribution in [-0.4, -0.2) is 24.3 Å². The van der Waals surface area contributed by atoms with Crippen LogP contribution in [0.25, 0.3) is 0 Å². The van der Waals surface area contributed by atoms with Gasteiger partial charge in [-0.15, -0.1) is 0 Å². The molecule has 3 nitrogen and oxygen atoms in total. The summed E-state index contributed by atoms with van der Waals surface area (Å²) in [6.07, 6.45) is -2.57. The van der Waals surface area contributed by atoms with Crippen LogP contribution in [-0.2, 0) is 4.79 Å². The van der Waals surface area contributed by atoms with E-state index in [1.165, 1.54) is 0 Å². The Labute approximate surface area is 89.4 Å². The molecule has 90 valence electrons. The molecule has 1 aliphatic rings. The van der Waals surface area contributed by atoms with Crippen molar-refractivity contribution >= 4 is 5.91 Å². The number of nitriles is 1. The third-order valence-electron chi connectivity index (χ3n) is 2.58. The van der Waals surface area contributed by atoms with Gasteiger partial charge < -0.3 is 5.32 Å². The lowest BCUT2D eigenvalue weighted by Crippen LogP contribution is -2.49. The molecule has 0 bridgehead atoms. The SMILES string of the molecule is N#CC1CCCC1NC(=O)C(F)(F)C(F)F. The van der Waals surface area contributed by atoms with E-state index in [4.69, 9.17) is 5.26 Å². The van der Waals surface area contributed by atoms with E-state index in [9.17, 15) is 22.4 Å². The van der Waals surface area contributed by atoms with Crippen molar-refractivity contribution < 1.29 is 22.4 Å². The summed E-state index contributed by atoms with van der Waals surface area (Å²) >= 11 is 0. The van der Waals surface area contributed by atoms with Gasteiger partial charge in [-0.3, -0.25) is 4.79 Å². The molecule has 0 aromatic carbocycles. The van der Waals surface area contributed by atoms with E-state index in [1.807, 2.05) is 11.4 Å². The molecule has 0 heterocycles. The highest BCUT2D eigenvalue weighted by Crippen LogP contribution is 2.28. The molecule has 2 unspecified atom stereocenters. The van der Waals surface area contributed by atoms with Crippen LogP contribution >= 0.6 is 0 Å². The second kappa shape index (κ2) is 4.68. The summed E-state index contributed by atoms with van der Waals surface area (Å²) < 4.78 is 48.8. The monoisotopic (exact) mass is 238 g/mol. The van der Waals surface area contributed by atoms with Gasteiger partial charge in [-0.1, -0.05) is 0 Å². The van der Waals surface area contributed by atoms with Crippen LogP contribution in [0.3, 0.4) is 0 Å². The highest BCUT2D eigenvalue weighted by atomic mass is 19.3. The molecule has 1 saturated carbocycles. The molecular weight excluding hydrogens is 228 g/mol. The van der Waals surface area contributed by atoms with Crippen LogP contribution in [0.4, 0.5) is 17.6 Å². The number of amides is 1. The summed E-state index contributed by atoms with van der Waals surface area (Å²) in [5, 5.41) is 10.4. The number of rotatable bonds is 3. The van der Waals surface area contributed by atoms with Gasteiger partial charge in [0.15, 0.2) is 0 Å². The fourth-order valence-corrected chi connectivity index (χ4v) is 1.65. The first-order valence-electron chi connectivity index (χ1n) is 4.76. The third-order valence-corrected chi connectivity index (χ3v) is 2.58. The zero-order valence-electron chi connectivity index (χ0n) is 8.22. The van der Waals surface area contributed by atoms with Gasteiger partial charge in [0.2, 0.25) is 0 Å². The van der Waals surface area contributed by atoms with Crippen molar-refractivity contribution in [3.63, 3.8) is 0 Å². The first-order valence-corrected chi connectivity index (χ1v) is 4.76. The Morgan fingerprint density at radius 2 is 2.06 bits per heavy atom. The van der Waals surface area contributed by atoms with Crippen molar-refractivity contribution in [2.24, 2.45) is 5.92 Å². The summed E-state index contributed by atoms with van der Waals surface area (Å²) in [4.78, 5) is 10.9. The van der Waals surface area contributed by atoms with E-state index in [0.717, 1.165) is 0 Å². The van der Waals surface area contributed by atoms with Gasteiger partial charge in [0.05, 0.1) is 12.0 Å². The van der Waals surface area contributed by atoms with Crippen molar-refractivity contribution in [2.75, 3.05) is 0 Å². The fraction of sp³-hybridized carbons (Fsp3) is 0.778. The Bertz CT molecular complexity index is 313. The predicted molar refractivity (Wildman–Crippen MR) is 45.8 cm³/mol. The molecule has 0 spiro atoms. The van der Waals surface area contributed by atoms with Crippen LogP contribution in [0.2, 0.25) is 0 Å². The van der Waals surface area contributed by atoms with Crippen molar-refractivity contribution in [1.29, 1.82) is 5.26 Å². The van der Waals surface area contributed by atoms with Crippen LogP contribution in [0.1, 0.15) is 19.3 Å². The first-order chi connectivity index (χ1) is 7.39. The molecule has 1 aliphatic carbocycles.